The molecule has 1 aliphatic rings. The summed E-state index contributed by atoms with van der Waals surface area (Å²) in [5.41, 5.74) is 8.55. The molecule has 4 rings (SSSR count). The summed E-state index contributed by atoms with van der Waals surface area (Å²) in [6.45, 7) is 2.85. The van der Waals surface area contributed by atoms with Gasteiger partial charge in [0.05, 0.1) is 5.02 Å². The second-order valence-electron chi connectivity index (χ2n) is 7.95. The minimum absolute atomic E-state index is 0.00430. The number of halogens is 2. The van der Waals surface area contributed by atoms with Crippen LogP contribution in [0.15, 0.2) is 41.3 Å². The molecule has 0 saturated carbocycles. The Balaban J connectivity index is 1.67. The van der Waals surface area contributed by atoms with Gasteiger partial charge in [-0.1, -0.05) is 48.2 Å². The third-order valence-corrected chi connectivity index (χ3v) is 8.51. The molecular formula is C23H25Cl2N3O3S. The molecule has 9 heteroatoms. The van der Waals surface area contributed by atoms with Gasteiger partial charge in [0.25, 0.3) is 0 Å². The van der Waals surface area contributed by atoms with Crippen molar-refractivity contribution >= 4 is 49.8 Å². The molecule has 0 aliphatic carbocycles. The summed E-state index contributed by atoms with van der Waals surface area (Å²) in [6, 6.07) is 10.3. The van der Waals surface area contributed by atoms with E-state index in [-0.39, 0.29) is 16.5 Å². The molecule has 170 valence electrons. The summed E-state index contributed by atoms with van der Waals surface area (Å²) in [6.07, 6.45) is 3.75. The fraction of sp³-hybridized carbons (Fsp3) is 0.348. The van der Waals surface area contributed by atoms with E-state index in [1.807, 2.05) is 19.1 Å². The lowest BCUT2D eigenvalue weighted by molar-refractivity contribution is 0.309. The maximum Gasteiger partial charge on any atom is 0.244 e. The van der Waals surface area contributed by atoms with Gasteiger partial charge in [-0.2, -0.15) is 4.31 Å². The average molecular weight is 494 g/mol. The van der Waals surface area contributed by atoms with Crippen LogP contribution < -0.4 is 10.5 Å². The van der Waals surface area contributed by atoms with E-state index in [2.05, 4.69) is 4.98 Å². The maximum absolute atomic E-state index is 13.3. The van der Waals surface area contributed by atoms with Crippen molar-refractivity contribution in [1.82, 2.24) is 9.29 Å². The van der Waals surface area contributed by atoms with Crippen molar-refractivity contribution in [2.45, 2.75) is 44.1 Å². The Morgan fingerprint density at radius 3 is 2.53 bits per heavy atom. The van der Waals surface area contributed by atoms with Crippen molar-refractivity contribution in [3.05, 3.63) is 57.7 Å². The van der Waals surface area contributed by atoms with Gasteiger partial charge < -0.3 is 10.5 Å². The zero-order valence-corrected chi connectivity index (χ0v) is 20.1. The molecule has 2 N–H and O–H groups in total. The molecule has 2 heterocycles. The number of benzene rings is 2. The number of nitrogens with two attached hydrogens (primary N) is 1. The van der Waals surface area contributed by atoms with E-state index in [4.69, 9.17) is 33.7 Å². The molecule has 0 spiro atoms. The topological polar surface area (TPSA) is 85.5 Å². The molecule has 0 atom stereocenters. The number of aromatic nitrogens is 1. The first-order valence-corrected chi connectivity index (χ1v) is 12.7. The number of nitrogens with zero attached hydrogens (tertiary/aromatic N) is 2. The van der Waals surface area contributed by atoms with Crippen LogP contribution in [0.5, 0.6) is 5.75 Å². The fourth-order valence-corrected chi connectivity index (χ4v) is 6.36. The number of rotatable bonds is 5. The molecule has 0 unspecified atom stereocenters. The molecule has 1 aromatic heterocycles. The molecule has 1 fully saturated rings. The van der Waals surface area contributed by atoms with E-state index in [9.17, 15) is 8.42 Å². The number of hydrogen-bond acceptors (Lipinski definition) is 5. The number of para-hydroxylation sites is 1. The van der Waals surface area contributed by atoms with Gasteiger partial charge >= 0.3 is 0 Å². The van der Waals surface area contributed by atoms with Crippen molar-refractivity contribution in [3.8, 4) is 5.75 Å². The van der Waals surface area contributed by atoms with Gasteiger partial charge in [0.15, 0.2) is 0 Å². The highest BCUT2D eigenvalue weighted by atomic mass is 35.5. The average Bonchev–Trinajstić information content (AvgIpc) is 3.04. The first-order chi connectivity index (χ1) is 15.3. The zero-order valence-electron chi connectivity index (χ0n) is 17.8. The summed E-state index contributed by atoms with van der Waals surface area (Å²) in [4.78, 5) is 4.60. The molecule has 0 amide bonds. The summed E-state index contributed by atoms with van der Waals surface area (Å²) in [7, 11) is -3.73. The minimum Gasteiger partial charge on any atom is -0.487 e. The summed E-state index contributed by atoms with van der Waals surface area (Å²) >= 11 is 13.0. The largest absolute Gasteiger partial charge is 0.487 e. The molecular weight excluding hydrogens is 469 g/mol. The third-order valence-electron chi connectivity index (χ3n) is 5.67. The normalized spacial score (nSPS) is 15.6. The molecule has 1 aliphatic heterocycles. The third kappa shape index (κ3) is 4.53. The van der Waals surface area contributed by atoms with Gasteiger partial charge in [-0.05, 0) is 44.0 Å². The lowest BCUT2D eigenvalue weighted by atomic mass is 10.1. The number of fused-ring (bicyclic) bond motifs is 1. The van der Waals surface area contributed by atoms with E-state index in [0.717, 1.165) is 36.8 Å². The van der Waals surface area contributed by atoms with Crippen molar-refractivity contribution < 1.29 is 13.2 Å². The van der Waals surface area contributed by atoms with Crippen LogP contribution >= 0.6 is 23.2 Å². The highest BCUT2D eigenvalue weighted by molar-refractivity contribution is 7.89. The highest BCUT2D eigenvalue weighted by Gasteiger charge is 2.29. The Kier molecular flexibility index (Phi) is 6.81. The first-order valence-electron chi connectivity index (χ1n) is 10.5. The highest BCUT2D eigenvalue weighted by Crippen LogP contribution is 2.35. The monoisotopic (exact) mass is 493 g/mol. The molecule has 1 saturated heterocycles. The number of aryl methyl sites for hydroxylation is 1. The van der Waals surface area contributed by atoms with Crippen LogP contribution in [0.25, 0.3) is 10.9 Å². The number of hydrogen-bond donors (Lipinski definition) is 1. The van der Waals surface area contributed by atoms with E-state index in [0.29, 0.717) is 40.6 Å². The molecule has 2 aromatic carbocycles. The second kappa shape index (κ2) is 9.43. The number of anilines is 1. The molecule has 0 radical (unpaired) electrons. The standard InChI is InChI=1S/C23H25Cl2N3O3S/c1-15-13-19(26)16-7-6-8-20(23(16)27-15)31-14-17-18(24)9-10-21(22(17)25)32(29,30)28-11-4-2-3-5-12-28/h6-10,13H,2-5,11-12,14H2,1H3,(H2,26,27). The smallest absolute Gasteiger partial charge is 0.244 e. The summed E-state index contributed by atoms with van der Waals surface area (Å²) in [5.74, 6) is 0.519. The van der Waals surface area contributed by atoms with Gasteiger partial charge in [0.2, 0.25) is 10.0 Å². The first kappa shape index (κ1) is 23.1. The Labute approximate surface area is 198 Å². The summed E-state index contributed by atoms with van der Waals surface area (Å²) < 4.78 is 34.1. The Morgan fingerprint density at radius 2 is 1.81 bits per heavy atom. The second-order valence-corrected chi connectivity index (χ2v) is 10.6. The lowest BCUT2D eigenvalue weighted by Gasteiger charge is -2.22. The maximum atomic E-state index is 13.3. The molecule has 32 heavy (non-hydrogen) atoms. The lowest BCUT2D eigenvalue weighted by Crippen LogP contribution is -2.32. The number of ether oxygens (including phenoxy) is 1. The van der Waals surface area contributed by atoms with Gasteiger partial charge in [0, 0.05) is 40.4 Å². The molecule has 3 aromatic rings. The van der Waals surface area contributed by atoms with Crippen molar-refractivity contribution in [1.29, 1.82) is 0 Å². The fourth-order valence-electron chi connectivity index (χ4n) is 3.98. The van der Waals surface area contributed by atoms with Crippen LogP contribution in [-0.4, -0.2) is 30.8 Å². The zero-order chi connectivity index (χ0) is 22.9. The van der Waals surface area contributed by atoms with E-state index >= 15 is 0 Å². The minimum atomic E-state index is -3.73. The van der Waals surface area contributed by atoms with Gasteiger partial charge in [-0.25, -0.2) is 13.4 Å². The van der Waals surface area contributed by atoms with Crippen LogP contribution in [-0.2, 0) is 16.6 Å². The quantitative estimate of drug-likeness (QED) is 0.501. The van der Waals surface area contributed by atoms with Crippen molar-refractivity contribution in [3.63, 3.8) is 0 Å². The number of nitrogen functional groups attached to an aromatic ring is 1. The predicted molar refractivity (Wildman–Crippen MR) is 129 cm³/mol. The van der Waals surface area contributed by atoms with Crippen LogP contribution in [0, 0.1) is 6.92 Å². The van der Waals surface area contributed by atoms with Gasteiger partial charge in [0.1, 0.15) is 22.8 Å². The van der Waals surface area contributed by atoms with Gasteiger partial charge in [-0.3, -0.25) is 0 Å². The van der Waals surface area contributed by atoms with E-state index < -0.39 is 10.0 Å². The van der Waals surface area contributed by atoms with Crippen LogP contribution in [0.3, 0.4) is 0 Å². The van der Waals surface area contributed by atoms with Crippen LogP contribution in [0.2, 0.25) is 10.0 Å². The van der Waals surface area contributed by atoms with Crippen molar-refractivity contribution in [2.75, 3.05) is 18.8 Å². The SMILES string of the molecule is Cc1cc(N)c2cccc(OCc3c(Cl)ccc(S(=O)(=O)N4CCCCCC4)c3Cl)c2n1. The van der Waals surface area contributed by atoms with Gasteiger partial charge in [-0.15, -0.1) is 0 Å². The summed E-state index contributed by atoms with van der Waals surface area (Å²) in [5, 5.41) is 1.21. The van der Waals surface area contributed by atoms with E-state index in [1.165, 1.54) is 10.4 Å². The molecule has 0 bridgehead atoms. The Bertz CT molecular complexity index is 1260. The Morgan fingerprint density at radius 1 is 1.09 bits per heavy atom. The van der Waals surface area contributed by atoms with E-state index in [1.54, 1.807) is 18.2 Å². The van der Waals surface area contributed by atoms with Crippen molar-refractivity contribution in [2.24, 2.45) is 0 Å². The number of pyridine rings is 1. The predicted octanol–water partition coefficient (Wildman–Crippen LogP) is 5.58. The van der Waals surface area contributed by atoms with Crippen LogP contribution in [0.4, 0.5) is 5.69 Å². The Hall–Kier alpha value is -2.06. The number of sulfonamides is 1. The van der Waals surface area contributed by atoms with Crippen LogP contribution in [0.1, 0.15) is 36.9 Å². The molecule has 6 nitrogen and oxygen atoms in total.